The van der Waals surface area contributed by atoms with E-state index >= 15 is 0 Å². The fourth-order valence-corrected chi connectivity index (χ4v) is 2.32. The maximum absolute atomic E-state index is 10.8. The molecule has 86 valence electrons. The number of anilines is 1. The molecule has 16 heavy (non-hydrogen) atoms. The lowest BCUT2D eigenvalue weighted by atomic mass is 10.1. The highest BCUT2D eigenvalue weighted by Crippen LogP contribution is 2.27. The zero-order valence-electron chi connectivity index (χ0n) is 9.55. The molecule has 0 amide bonds. The van der Waals surface area contributed by atoms with Crippen LogP contribution in [0.4, 0.5) is 5.82 Å². The van der Waals surface area contributed by atoms with Gasteiger partial charge in [0, 0.05) is 12.6 Å². The molecule has 1 N–H and O–H groups in total. The maximum Gasteiger partial charge on any atom is 0.354 e. The van der Waals surface area contributed by atoms with Gasteiger partial charge in [-0.25, -0.2) is 9.78 Å². The standard InChI is InChI=1S/C12H16N2O2/c1-8-6-9(2)14(7-8)11-5-3-4-10(13-11)12(15)16/h3-5,8-9H,6-7H2,1-2H3,(H,15,16). The second-order valence-electron chi connectivity index (χ2n) is 4.53. The van der Waals surface area contributed by atoms with E-state index in [4.69, 9.17) is 5.11 Å². The van der Waals surface area contributed by atoms with Crippen molar-refractivity contribution >= 4 is 11.8 Å². The summed E-state index contributed by atoms with van der Waals surface area (Å²) >= 11 is 0. The van der Waals surface area contributed by atoms with E-state index in [2.05, 4.69) is 23.7 Å². The van der Waals surface area contributed by atoms with E-state index in [1.165, 1.54) is 6.07 Å². The largest absolute Gasteiger partial charge is 0.477 e. The second kappa shape index (κ2) is 4.12. The molecule has 1 fully saturated rings. The summed E-state index contributed by atoms with van der Waals surface area (Å²) in [5, 5.41) is 8.89. The predicted molar refractivity (Wildman–Crippen MR) is 61.8 cm³/mol. The molecule has 0 radical (unpaired) electrons. The summed E-state index contributed by atoms with van der Waals surface area (Å²) < 4.78 is 0. The molecule has 1 aliphatic rings. The van der Waals surface area contributed by atoms with Crippen molar-refractivity contribution in [2.75, 3.05) is 11.4 Å². The number of pyridine rings is 1. The lowest BCUT2D eigenvalue weighted by Gasteiger charge is -2.22. The fourth-order valence-electron chi connectivity index (χ4n) is 2.32. The van der Waals surface area contributed by atoms with E-state index in [1.54, 1.807) is 6.07 Å². The van der Waals surface area contributed by atoms with Crippen molar-refractivity contribution in [3.63, 3.8) is 0 Å². The maximum atomic E-state index is 10.8. The molecule has 2 heterocycles. The molecule has 1 aliphatic heterocycles. The SMILES string of the molecule is CC1CC(C)N(c2cccc(C(=O)O)n2)C1. The molecular weight excluding hydrogens is 204 g/mol. The summed E-state index contributed by atoms with van der Waals surface area (Å²) in [6, 6.07) is 5.59. The van der Waals surface area contributed by atoms with Gasteiger partial charge in [0.15, 0.2) is 5.69 Å². The van der Waals surface area contributed by atoms with Crippen LogP contribution < -0.4 is 4.90 Å². The first kappa shape index (κ1) is 10.9. The summed E-state index contributed by atoms with van der Waals surface area (Å²) in [4.78, 5) is 17.2. The van der Waals surface area contributed by atoms with Crippen LogP contribution in [0.1, 0.15) is 30.8 Å². The molecular formula is C12H16N2O2. The van der Waals surface area contributed by atoms with Crippen molar-refractivity contribution in [3.8, 4) is 0 Å². The van der Waals surface area contributed by atoms with Crippen LogP contribution in [0.3, 0.4) is 0 Å². The number of aromatic nitrogens is 1. The quantitative estimate of drug-likeness (QED) is 0.828. The first-order chi connectivity index (χ1) is 7.58. The Balaban J connectivity index is 2.27. The van der Waals surface area contributed by atoms with Crippen molar-refractivity contribution in [2.45, 2.75) is 26.3 Å². The van der Waals surface area contributed by atoms with E-state index < -0.39 is 5.97 Å². The topological polar surface area (TPSA) is 53.4 Å². The number of nitrogens with zero attached hydrogens (tertiary/aromatic N) is 2. The van der Waals surface area contributed by atoms with Gasteiger partial charge >= 0.3 is 5.97 Å². The number of carbonyl (C=O) groups is 1. The van der Waals surface area contributed by atoms with Crippen LogP contribution >= 0.6 is 0 Å². The zero-order valence-corrected chi connectivity index (χ0v) is 9.55. The molecule has 0 aromatic carbocycles. The smallest absolute Gasteiger partial charge is 0.354 e. The van der Waals surface area contributed by atoms with Crippen LogP contribution in [0, 0.1) is 5.92 Å². The molecule has 2 atom stereocenters. The number of carboxylic acids is 1. The lowest BCUT2D eigenvalue weighted by molar-refractivity contribution is 0.0690. The average Bonchev–Trinajstić information content (AvgIpc) is 2.58. The summed E-state index contributed by atoms with van der Waals surface area (Å²) in [6.07, 6.45) is 1.14. The van der Waals surface area contributed by atoms with Gasteiger partial charge in [0.1, 0.15) is 5.82 Å². The molecule has 0 spiro atoms. The molecule has 4 nitrogen and oxygen atoms in total. The van der Waals surface area contributed by atoms with Crippen LogP contribution in [0.15, 0.2) is 18.2 Å². The van der Waals surface area contributed by atoms with Gasteiger partial charge in [-0.1, -0.05) is 13.0 Å². The van der Waals surface area contributed by atoms with Crippen molar-refractivity contribution in [1.82, 2.24) is 4.98 Å². The third-order valence-corrected chi connectivity index (χ3v) is 3.03. The highest BCUT2D eigenvalue weighted by atomic mass is 16.4. The summed E-state index contributed by atoms with van der Waals surface area (Å²) in [7, 11) is 0. The monoisotopic (exact) mass is 220 g/mol. The Kier molecular flexibility index (Phi) is 2.81. The van der Waals surface area contributed by atoms with Gasteiger partial charge in [0.2, 0.25) is 0 Å². The minimum absolute atomic E-state index is 0.115. The van der Waals surface area contributed by atoms with Gasteiger partial charge in [-0.2, -0.15) is 0 Å². The summed E-state index contributed by atoms with van der Waals surface area (Å²) in [5.41, 5.74) is 0.115. The molecule has 4 heteroatoms. The Labute approximate surface area is 94.9 Å². The van der Waals surface area contributed by atoms with Crippen LogP contribution in [0.5, 0.6) is 0 Å². The Hall–Kier alpha value is -1.58. The van der Waals surface area contributed by atoms with E-state index in [0.29, 0.717) is 12.0 Å². The Morgan fingerprint density at radius 1 is 1.50 bits per heavy atom. The summed E-state index contributed by atoms with van der Waals surface area (Å²) in [6.45, 7) is 5.31. The Morgan fingerprint density at radius 3 is 2.81 bits per heavy atom. The minimum Gasteiger partial charge on any atom is -0.477 e. The molecule has 2 rings (SSSR count). The van der Waals surface area contributed by atoms with Crippen molar-refractivity contribution in [1.29, 1.82) is 0 Å². The van der Waals surface area contributed by atoms with Crippen molar-refractivity contribution < 1.29 is 9.90 Å². The average molecular weight is 220 g/mol. The first-order valence-electron chi connectivity index (χ1n) is 5.55. The van der Waals surface area contributed by atoms with E-state index in [0.717, 1.165) is 18.8 Å². The predicted octanol–water partition coefficient (Wildman–Crippen LogP) is 2.01. The van der Waals surface area contributed by atoms with Crippen molar-refractivity contribution in [3.05, 3.63) is 23.9 Å². The van der Waals surface area contributed by atoms with Crippen LogP contribution in [-0.2, 0) is 0 Å². The number of carboxylic acid groups (broad SMARTS) is 1. The third kappa shape index (κ3) is 2.01. The minimum atomic E-state index is -0.971. The number of aromatic carboxylic acids is 1. The molecule has 0 aliphatic carbocycles. The van der Waals surface area contributed by atoms with Crippen molar-refractivity contribution in [2.24, 2.45) is 5.92 Å². The van der Waals surface area contributed by atoms with Gasteiger partial charge in [0.05, 0.1) is 0 Å². The van der Waals surface area contributed by atoms with E-state index in [-0.39, 0.29) is 5.69 Å². The third-order valence-electron chi connectivity index (χ3n) is 3.03. The number of hydrogen-bond donors (Lipinski definition) is 1. The zero-order chi connectivity index (χ0) is 11.7. The highest BCUT2D eigenvalue weighted by Gasteiger charge is 2.27. The van der Waals surface area contributed by atoms with Crippen LogP contribution in [0.25, 0.3) is 0 Å². The molecule has 0 bridgehead atoms. The van der Waals surface area contributed by atoms with Gasteiger partial charge in [0.25, 0.3) is 0 Å². The van der Waals surface area contributed by atoms with E-state index in [1.807, 2.05) is 6.07 Å². The van der Waals surface area contributed by atoms with E-state index in [9.17, 15) is 4.79 Å². The second-order valence-corrected chi connectivity index (χ2v) is 4.53. The van der Waals surface area contributed by atoms with Crippen LogP contribution in [-0.4, -0.2) is 28.6 Å². The molecule has 1 saturated heterocycles. The molecule has 1 aromatic heterocycles. The molecule has 0 saturated carbocycles. The fraction of sp³-hybridized carbons (Fsp3) is 0.500. The highest BCUT2D eigenvalue weighted by molar-refractivity contribution is 5.85. The lowest BCUT2D eigenvalue weighted by Crippen LogP contribution is -2.27. The number of hydrogen-bond acceptors (Lipinski definition) is 3. The summed E-state index contributed by atoms with van der Waals surface area (Å²) in [5.74, 6) is 0.448. The van der Waals surface area contributed by atoms with Gasteiger partial charge in [-0.15, -0.1) is 0 Å². The molecule has 2 unspecified atom stereocenters. The Bertz CT molecular complexity index is 406. The Morgan fingerprint density at radius 2 is 2.25 bits per heavy atom. The first-order valence-corrected chi connectivity index (χ1v) is 5.55. The van der Waals surface area contributed by atoms with Gasteiger partial charge < -0.3 is 10.0 Å². The molecule has 1 aromatic rings. The number of rotatable bonds is 2. The van der Waals surface area contributed by atoms with Crippen LogP contribution in [0.2, 0.25) is 0 Å². The van der Waals surface area contributed by atoms with Gasteiger partial charge in [-0.3, -0.25) is 0 Å². The normalized spacial score (nSPS) is 24.8. The van der Waals surface area contributed by atoms with Gasteiger partial charge in [-0.05, 0) is 31.4 Å².